The van der Waals surface area contributed by atoms with Crippen LogP contribution >= 0.6 is 0 Å². The van der Waals surface area contributed by atoms with Crippen molar-refractivity contribution in [3.8, 4) is 16.9 Å². The molecule has 1 N–H and O–H groups in total. The van der Waals surface area contributed by atoms with Gasteiger partial charge in [-0.2, -0.15) is 0 Å². The van der Waals surface area contributed by atoms with Gasteiger partial charge in [-0.25, -0.2) is 0 Å². The number of hydrogen-bond acceptors (Lipinski definition) is 5. The van der Waals surface area contributed by atoms with E-state index in [2.05, 4.69) is 65.8 Å². The molecule has 0 aliphatic carbocycles. The summed E-state index contributed by atoms with van der Waals surface area (Å²) in [5.41, 5.74) is 7.91. The summed E-state index contributed by atoms with van der Waals surface area (Å²) in [5, 5.41) is 3.62. The fraction of sp³-hybridized carbons (Fsp3) is 0.433. The van der Waals surface area contributed by atoms with E-state index in [1.54, 1.807) is 14.2 Å². The Morgan fingerprint density at radius 2 is 1.86 bits per heavy atom. The minimum Gasteiger partial charge on any atom is -0.491 e. The van der Waals surface area contributed by atoms with Crippen LogP contribution in [-0.2, 0) is 15.9 Å². The predicted octanol–water partition coefficient (Wildman–Crippen LogP) is 5.52. The van der Waals surface area contributed by atoms with Gasteiger partial charge in [-0.05, 0) is 90.2 Å². The highest BCUT2D eigenvalue weighted by Crippen LogP contribution is 2.39. The Bertz CT molecular complexity index is 1070. The van der Waals surface area contributed by atoms with Crippen LogP contribution in [0, 0.1) is 6.92 Å². The number of hydrogen-bond donors (Lipinski definition) is 1. The lowest BCUT2D eigenvalue weighted by molar-refractivity contribution is 0.146. The van der Waals surface area contributed by atoms with Crippen molar-refractivity contribution in [2.75, 3.05) is 47.1 Å². The van der Waals surface area contributed by atoms with Crippen LogP contribution in [0.1, 0.15) is 46.9 Å². The van der Waals surface area contributed by atoms with Crippen molar-refractivity contribution in [2.45, 2.75) is 38.0 Å². The first-order valence-corrected chi connectivity index (χ1v) is 12.7. The van der Waals surface area contributed by atoms with Gasteiger partial charge in [0.1, 0.15) is 12.4 Å². The van der Waals surface area contributed by atoms with Gasteiger partial charge in [0.2, 0.25) is 0 Å². The topological polar surface area (TPSA) is 52.6 Å². The van der Waals surface area contributed by atoms with Gasteiger partial charge in [-0.15, -0.1) is 0 Å². The van der Waals surface area contributed by atoms with Crippen molar-refractivity contribution in [1.29, 1.82) is 0 Å². The zero-order valence-electron chi connectivity index (χ0n) is 21.3. The molecule has 1 aromatic heterocycles. The maximum Gasteiger partial charge on any atom is 0.119 e. The molecule has 3 aromatic rings. The monoisotopic (exact) mass is 474 g/mol. The van der Waals surface area contributed by atoms with E-state index in [4.69, 9.17) is 14.2 Å². The van der Waals surface area contributed by atoms with Gasteiger partial charge in [0.25, 0.3) is 0 Å². The second-order valence-electron chi connectivity index (χ2n) is 9.32. The van der Waals surface area contributed by atoms with Gasteiger partial charge in [0.05, 0.1) is 6.61 Å². The molecule has 4 rings (SSSR count). The highest BCUT2D eigenvalue weighted by atomic mass is 16.5. The highest BCUT2D eigenvalue weighted by molar-refractivity contribution is 5.70. The molecule has 1 fully saturated rings. The van der Waals surface area contributed by atoms with Crippen molar-refractivity contribution >= 4 is 0 Å². The normalized spacial score (nSPS) is 17.9. The summed E-state index contributed by atoms with van der Waals surface area (Å²) in [6.45, 7) is 6.18. The third-order valence-electron chi connectivity index (χ3n) is 7.00. The SMILES string of the molecule is COCCCc1cc(OCCOC)ccc1-c1ccc([C@H]2CNCC[C@@H]2c2cccnc2)c(C)c1. The molecule has 2 heterocycles. The lowest BCUT2D eigenvalue weighted by atomic mass is 9.76. The Labute approximate surface area is 209 Å². The first kappa shape index (κ1) is 25.4. The van der Waals surface area contributed by atoms with Crippen molar-refractivity contribution < 1.29 is 14.2 Å². The molecule has 0 bridgehead atoms. The maximum absolute atomic E-state index is 5.89. The van der Waals surface area contributed by atoms with Crippen LogP contribution in [0.25, 0.3) is 11.1 Å². The molecule has 186 valence electrons. The first-order valence-electron chi connectivity index (χ1n) is 12.7. The zero-order chi connectivity index (χ0) is 24.5. The molecule has 2 aromatic carbocycles. The van der Waals surface area contributed by atoms with Gasteiger partial charge in [0, 0.05) is 45.7 Å². The summed E-state index contributed by atoms with van der Waals surface area (Å²) in [5.74, 6) is 1.82. The molecule has 1 aliphatic heterocycles. The molecule has 0 unspecified atom stereocenters. The third-order valence-corrected chi connectivity index (χ3v) is 7.00. The Kier molecular flexibility index (Phi) is 9.29. The van der Waals surface area contributed by atoms with Crippen molar-refractivity contribution in [3.63, 3.8) is 0 Å². The van der Waals surface area contributed by atoms with E-state index < -0.39 is 0 Å². The number of aromatic nitrogens is 1. The second kappa shape index (κ2) is 12.8. The number of ether oxygens (including phenoxy) is 3. The van der Waals surface area contributed by atoms with E-state index in [1.165, 1.54) is 33.4 Å². The number of aryl methyl sites for hydroxylation is 2. The van der Waals surface area contributed by atoms with Crippen molar-refractivity contribution in [1.82, 2.24) is 10.3 Å². The maximum atomic E-state index is 5.89. The molecular formula is C30H38N2O3. The van der Waals surface area contributed by atoms with Crippen LogP contribution in [0.5, 0.6) is 5.75 Å². The third kappa shape index (κ3) is 6.49. The Hall–Kier alpha value is -2.73. The minimum atomic E-state index is 0.444. The van der Waals surface area contributed by atoms with Gasteiger partial charge in [-0.1, -0.05) is 30.3 Å². The summed E-state index contributed by atoms with van der Waals surface area (Å²) >= 11 is 0. The standard InChI is InChI=1S/C30H38N2O3/c1-22-18-24(28-11-9-26(35-17-16-34-3)19-23(28)7-5-15-33-2)8-10-27(22)30-21-32-14-12-29(30)25-6-4-13-31-20-25/h4,6,8-11,13,18-20,29-30,32H,5,7,12,14-17,21H2,1-3H3/t29-,30-/m1/s1. The number of benzene rings is 2. The van der Waals surface area contributed by atoms with Crippen LogP contribution in [0.3, 0.4) is 0 Å². The summed E-state index contributed by atoms with van der Waals surface area (Å²) in [7, 11) is 3.45. The number of piperidine rings is 1. The number of nitrogens with zero attached hydrogens (tertiary/aromatic N) is 1. The van der Waals surface area contributed by atoms with Gasteiger partial charge in [-0.3, -0.25) is 4.98 Å². The van der Waals surface area contributed by atoms with Gasteiger partial charge in [0.15, 0.2) is 0 Å². The average Bonchev–Trinajstić information content (AvgIpc) is 2.90. The summed E-state index contributed by atoms with van der Waals surface area (Å²) in [6.07, 6.45) is 6.95. The smallest absolute Gasteiger partial charge is 0.119 e. The lowest BCUT2D eigenvalue weighted by Crippen LogP contribution is -2.34. The zero-order valence-corrected chi connectivity index (χ0v) is 21.3. The number of nitrogens with one attached hydrogen (secondary N) is 1. The number of pyridine rings is 1. The van der Waals surface area contributed by atoms with E-state index in [1.807, 2.05) is 12.4 Å². The Morgan fingerprint density at radius 3 is 2.63 bits per heavy atom. The average molecular weight is 475 g/mol. The van der Waals surface area contributed by atoms with Crippen LogP contribution in [-0.4, -0.2) is 52.1 Å². The summed E-state index contributed by atoms with van der Waals surface area (Å²) < 4.78 is 16.3. The quantitative estimate of drug-likeness (QED) is 0.371. The molecule has 0 radical (unpaired) electrons. The Balaban J connectivity index is 1.61. The van der Waals surface area contributed by atoms with E-state index in [-0.39, 0.29) is 0 Å². The molecule has 1 aliphatic rings. The van der Waals surface area contributed by atoms with E-state index >= 15 is 0 Å². The molecule has 0 saturated carbocycles. The molecule has 1 saturated heterocycles. The molecule has 5 nitrogen and oxygen atoms in total. The van der Waals surface area contributed by atoms with E-state index in [0.717, 1.165) is 44.7 Å². The van der Waals surface area contributed by atoms with Crippen molar-refractivity contribution in [3.05, 3.63) is 83.2 Å². The van der Waals surface area contributed by atoms with Gasteiger partial charge < -0.3 is 19.5 Å². The molecule has 0 spiro atoms. The second-order valence-corrected chi connectivity index (χ2v) is 9.32. The number of rotatable bonds is 11. The van der Waals surface area contributed by atoms with Gasteiger partial charge >= 0.3 is 0 Å². The van der Waals surface area contributed by atoms with Crippen molar-refractivity contribution in [2.24, 2.45) is 0 Å². The predicted molar refractivity (Wildman–Crippen MR) is 141 cm³/mol. The van der Waals surface area contributed by atoms with Crippen LogP contribution in [0.2, 0.25) is 0 Å². The fourth-order valence-electron chi connectivity index (χ4n) is 5.24. The number of methoxy groups -OCH3 is 2. The lowest BCUT2D eigenvalue weighted by Gasteiger charge is -2.34. The largest absolute Gasteiger partial charge is 0.491 e. The van der Waals surface area contributed by atoms with Crippen LogP contribution in [0.15, 0.2) is 60.9 Å². The molecule has 2 atom stereocenters. The first-order chi connectivity index (χ1) is 17.2. The van der Waals surface area contributed by atoms with Crippen LogP contribution in [0.4, 0.5) is 0 Å². The Morgan fingerprint density at radius 1 is 0.971 bits per heavy atom. The molecule has 35 heavy (non-hydrogen) atoms. The highest BCUT2D eigenvalue weighted by Gasteiger charge is 2.29. The fourth-order valence-corrected chi connectivity index (χ4v) is 5.24. The van der Waals surface area contributed by atoms with Crippen LogP contribution < -0.4 is 10.1 Å². The summed E-state index contributed by atoms with van der Waals surface area (Å²) in [4.78, 5) is 4.39. The van der Waals surface area contributed by atoms with E-state index in [9.17, 15) is 0 Å². The summed E-state index contributed by atoms with van der Waals surface area (Å²) in [6, 6.07) is 17.7. The molecular weight excluding hydrogens is 436 g/mol. The molecule has 0 amide bonds. The molecule has 5 heteroatoms. The minimum absolute atomic E-state index is 0.444. The van der Waals surface area contributed by atoms with E-state index in [0.29, 0.717) is 25.0 Å².